The Bertz CT molecular complexity index is 1300. The molecular weight excluding hydrogens is 446 g/mol. The van der Waals surface area contributed by atoms with Crippen LogP contribution in [-0.4, -0.2) is 47.7 Å². The Morgan fingerprint density at radius 1 is 0.943 bits per heavy atom. The number of hydrogen-bond acceptors (Lipinski definition) is 5. The summed E-state index contributed by atoms with van der Waals surface area (Å²) >= 11 is 0. The lowest BCUT2D eigenvalue weighted by Gasteiger charge is -2.30. The molecule has 0 radical (unpaired) electrons. The Labute approximate surface area is 202 Å². The molecule has 35 heavy (non-hydrogen) atoms. The largest absolute Gasteiger partial charge is 0.482 e. The smallest absolute Gasteiger partial charge is 0.265 e. The zero-order valence-corrected chi connectivity index (χ0v) is 19.1. The number of anilines is 2. The number of ether oxygens (including phenoxy) is 1. The number of nitrogens with one attached hydrogen (secondary N) is 1. The van der Waals surface area contributed by atoms with Crippen LogP contribution in [0.25, 0.3) is 0 Å². The van der Waals surface area contributed by atoms with Crippen LogP contribution in [0.3, 0.4) is 0 Å². The fourth-order valence-electron chi connectivity index (χ4n) is 4.33. The number of nitrogens with zero attached hydrogens (tertiary/aromatic N) is 2. The first kappa shape index (κ1) is 22.3. The molecule has 5 rings (SSSR count). The van der Waals surface area contributed by atoms with E-state index >= 15 is 0 Å². The van der Waals surface area contributed by atoms with Gasteiger partial charge in [-0.3, -0.25) is 24.1 Å². The van der Waals surface area contributed by atoms with Gasteiger partial charge >= 0.3 is 0 Å². The second kappa shape index (κ2) is 9.06. The molecule has 0 spiro atoms. The third-order valence-electron chi connectivity index (χ3n) is 6.23. The van der Waals surface area contributed by atoms with E-state index in [2.05, 4.69) is 5.32 Å². The van der Waals surface area contributed by atoms with E-state index in [1.54, 1.807) is 47.4 Å². The molecule has 0 saturated carbocycles. The first-order valence-corrected chi connectivity index (χ1v) is 11.3. The summed E-state index contributed by atoms with van der Waals surface area (Å²) in [5.41, 5.74) is 2.67. The zero-order chi connectivity index (χ0) is 24.5. The molecule has 1 unspecified atom stereocenters. The maximum atomic E-state index is 13.0. The van der Waals surface area contributed by atoms with Gasteiger partial charge in [-0.15, -0.1) is 0 Å². The summed E-state index contributed by atoms with van der Waals surface area (Å²) < 4.78 is 5.57. The highest BCUT2D eigenvalue weighted by Crippen LogP contribution is 2.35. The fraction of sp³-hybridized carbons (Fsp3) is 0.185. The Morgan fingerprint density at radius 3 is 2.29 bits per heavy atom. The van der Waals surface area contributed by atoms with Crippen molar-refractivity contribution < 1.29 is 23.9 Å². The van der Waals surface area contributed by atoms with Crippen LogP contribution < -0.4 is 15.0 Å². The van der Waals surface area contributed by atoms with Crippen LogP contribution in [0.1, 0.15) is 33.2 Å². The van der Waals surface area contributed by atoms with Crippen molar-refractivity contribution in [2.75, 3.05) is 23.4 Å². The Balaban J connectivity index is 1.33. The fourth-order valence-corrected chi connectivity index (χ4v) is 4.33. The highest BCUT2D eigenvalue weighted by atomic mass is 16.5. The Morgan fingerprint density at radius 2 is 1.60 bits per heavy atom. The van der Waals surface area contributed by atoms with E-state index in [4.69, 9.17) is 4.74 Å². The monoisotopic (exact) mass is 469 g/mol. The van der Waals surface area contributed by atoms with Gasteiger partial charge in [-0.25, -0.2) is 0 Å². The van der Waals surface area contributed by atoms with Crippen molar-refractivity contribution in [3.63, 3.8) is 0 Å². The minimum atomic E-state index is -1.02. The molecule has 2 aliphatic heterocycles. The van der Waals surface area contributed by atoms with Crippen molar-refractivity contribution in [2.24, 2.45) is 0 Å². The molecule has 2 aliphatic rings. The van der Waals surface area contributed by atoms with Gasteiger partial charge in [-0.2, -0.15) is 0 Å². The van der Waals surface area contributed by atoms with Crippen LogP contribution in [0.2, 0.25) is 0 Å². The number of carbonyl (C=O) groups is 4. The highest BCUT2D eigenvalue weighted by Gasteiger charge is 2.40. The van der Waals surface area contributed by atoms with E-state index in [-0.39, 0.29) is 23.6 Å². The van der Waals surface area contributed by atoms with Gasteiger partial charge in [0, 0.05) is 12.2 Å². The Kier molecular flexibility index (Phi) is 5.78. The number of imide groups is 1. The van der Waals surface area contributed by atoms with Crippen LogP contribution in [0.15, 0.2) is 72.8 Å². The highest BCUT2D eigenvalue weighted by molar-refractivity contribution is 6.23. The molecule has 1 N–H and O–H groups in total. The van der Waals surface area contributed by atoms with Crippen LogP contribution in [0.5, 0.6) is 5.75 Å². The third kappa shape index (κ3) is 4.14. The van der Waals surface area contributed by atoms with Crippen molar-refractivity contribution >= 4 is 35.0 Å². The second-order valence-corrected chi connectivity index (χ2v) is 8.44. The van der Waals surface area contributed by atoms with Crippen LogP contribution in [0.4, 0.5) is 11.4 Å². The summed E-state index contributed by atoms with van der Waals surface area (Å²) in [6, 6.07) is 20.4. The van der Waals surface area contributed by atoms with Gasteiger partial charge in [0.15, 0.2) is 6.61 Å². The lowest BCUT2D eigenvalue weighted by Crippen LogP contribution is -2.45. The predicted octanol–water partition coefficient (Wildman–Crippen LogP) is 3.28. The number of carbonyl (C=O) groups excluding carboxylic acids is 4. The summed E-state index contributed by atoms with van der Waals surface area (Å²) in [6.07, 6.45) is 0.666. The van der Waals surface area contributed by atoms with Gasteiger partial charge in [0.25, 0.3) is 17.7 Å². The number of fused-ring (bicyclic) bond motifs is 2. The van der Waals surface area contributed by atoms with Gasteiger partial charge in [-0.05, 0) is 49.2 Å². The maximum absolute atomic E-state index is 13.0. The van der Waals surface area contributed by atoms with E-state index in [1.807, 2.05) is 30.3 Å². The summed E-state index contributed by atoms with van der Waals surface area (Å²) in [4.78, 5) is 53.7. The first-order chi connectivity index (χ1) is 16.9. The molecule has 1 atom stereocenters. The average Bonchev–Trinajstić information content (AvgIpc) is 3.13. The van der Waals surface area contributed by atoms with E-state index in [0.717, 1.165) is 10.5 Å². The van der Waals surface area contributed by atoms with Crippen LogP contribution >= 0.6 is 0 Å². The quantitative estimate of drug-likeness (QED) is 0.559. The van der Waals surface area contributed by atoms with E-state index < -0.39 is 23.8 Å². The molecule has 2 heterocycles. The molecule has 0 aliphatic carbocycles. The lowest BCUT2D eigenvalue weighted by atomic mass is 10.1. The molecule has 0 bridgehead atoms. The first-order valence-electron chi connectivity index (χ1n) is 11.3. The minimum absolute atomic E-state index is 0.0513. The van der Waals surface area contributed by atoms with Crippen LogP contribution in [0, 0.1) is 0 Å². The van der Waals surface area contributed by atoms with Crippen molar-refractivity contribution in [2.45, 2.75) is 19.4 Å². The van der Waals surface area contributed by atoms with Gasteiger partial charge in [-0.1, -0.05) is 42.5 Å². The lowest BCUT2D eigenvalue weighted by molar-refractivity contribution is -0.121. The number of hydrogen-bond donors (Lipinski definition) is 1. The molecule has 8 heteroatoms. The molecule has 3 aromatic rings. The topological polar surface area (TPSA) is 96.0 Å². The normalized spacial score (nSPS) is 15.4. The molecule has 0 aromatic heterocycles. The number of rotatable bonds is 6. The summed E-state index contributed by atoms with van der Waals surface area (Å²) in [6.45, 7) is 1.92. The molecule has 3 aromatic carbocycles. The van der Waals surface area contributed by atoms with E-state index in [1.165, 1.54) is 6.92 Å². The zero-order valence-electron chi connectivity index (χ0n) is 19.1. The molecular formula is C27H23N3O5. The standard InChI is InChI=1S/C27H23N3O5/c1-17(30-26(33)20-9-5-6-10-21(20)27(30)34)25(32)28-19-11-12-23-22(15-19)29(24(31)16-35-23)14-13-18-7-3-2-4-8-18/h2-12,15,17H,13-14,16H2,1H3,(H,28,32). The van der Waals surface area contributed by atoms with Crippen molar-refractivity contribution in [1.82, 2.24) is 4.90 Å². The average molecular weight is 469 g/mol. The van der Waals surface area contributed by atoms with Gasteiger partial charge in [0.1, 0.15) is 11.8 Å². The summed E-state index contributed by atoms with van der Waals surface area (Å²) in [7, 11) is 0. The van der Waals surface area contributed by atoms with Gasteiger partial charge in [0.2, 0.25) is 5.91 Å². The SMILES string of the molecule is CC(C(=O)Nc1ccc2c(c1)N(CCc1ccccc1)C(=O)CO2)N1C(=O)c2ccccc2C1=O. The van der Waals surface area contributed by atoms with Crippen molar-refractivity contribution in [3.8, 4) is 5.75 Å². The molecule has 176 valence electrons. The van der Waals surface area contributed by atoms with E-state index in [0.29, 0.717) is 30.1 Å². The minimum Gasteiger partial charge on any atom is -0.482 e. The van der Waals surface area contributed by atoms with Crippen molar-refractivity contribution in [1.29, 1.82) is 0 Å². The molecule has 0 fully saturated rings. The summed E-state index contributed by atoms with van der Waals surface area (Å²) in [5.74, 6) is -1.13. The number of benzene rings is 3. The maximum Gasteiger partial charge on any atom is 0.265 e. The Hall–Kier alpha value is -4.46. The molecule has 8 nitrogen and oxygen atoms in total. The van der Waals surface area contributed by atoms with Crippen molar-refractivity contribution in [3.05, 3.63) is 89.5 Å². The van der Waals surface area contributed by atoms with E-state index in [9.17, 15) is 19.2 Å². The molecule has 4 amide bonds. The molecule has 0 saturated heterocycles. The van der Waals surface area contributed by atoms with Crippen LogP contribution in [-0.2, 0) is 16.0 Å². The second-order valence-electron chi connectivity index (χ2n) is 8.44. The number of amides is 4. The van der Waals surface area contributed by atoms with Gasteiger partial charge < -0.3 is 15.0 Å². The van der Waals surface area contributed by atoms with Gasteiger partial charge in [0.05, 0.1) is 16.8 Å². The predicted molar refractivity (Wildman–Crippen MR) is 129 cm³/mol. The summed E-state index contributed by atoms with van der Waals surface area (Å²) in [5, 5.41) is 2.77. The third-order valence-corrected chi connectivity index (χ3v) is 6.23.